The summed E-state index contributed by atoms with van der Waals surface area (Å²) in [6, 6.07) is 19.9. The molecule has 0 saturated carbocycles. The molecule has 0 unspecified atom stereocenters. The van der Waals surface area contributed by atoms with Gasteiger partial charge in [0, 0.05) is 32.9 Å². The van der Waals surface area contributed by atoms with Crippen LogP contribution in [0.15, 0.2) is 72.9 Å². The van der Waals surface area contributed by atoms with Crippen molar-refractivity contribution in [1.82, 2.24) is 20.1 Å². The molecule has 1 aromatic heterocycles. The number of benzene rings is 2. The molecule has 1 spiro atoms. The molecule has 3 aromatic rings. The first-order valence-corrected chi connectivity index (χ1v) is 12.5. The minimum atomic E-state index is -1.20. The maximum atomic E-state index is 13.9. The molecular weight excluding hydrogens is 498 g/mol. The molecule has 0 bridgehead atoms. The number of hydrogen-bond acceptors (Lipinski definition) is 7. The molecule has 2 saturated heterocycles. The highest BCUT2D eigenvalue weighted by Gasteiger charge is 2.60. The monoisotopic (exact) mass is 527 g/mol. The number of aromatic nitrogens is 1. The fraction of sp³-hybridized carbons (Fsp3) is 0.276. The van der Waals surface area contributed by atoms with Crippen LogP contribution in [0.25, 0.3) is 11.1 Å². The Morgan fingerprint density at radius 2 is 1.56 bits per heavy atom. The van der Waals surface area contributed by atoms with Crippen LogP contribution in [0.3, 0.4) is 0 Å². The molecule has 10 nitrogen and oxygen atoms in total. The first-order valence-electron chi connectivity index (χ1n) is 12.5. The van der Waals surface area contributed by atoms with Crippen LogP contribution in [-0.2, 0) is 20.9 Å². The molecule has 1 N–H and O–H groups in total. The van der Waals surface area contributed by atoms with E-state index in [2.05, 4.69) is 15.2 Å². The normalized spacial score (nSPS) is 16.5. The second-order valence-electron chi connectivity index (χ2n) is 9.38. The highest BCUT2D eigenvalue weighted by molar-refractivity contribution is 6.27. The molecule has 2 aliphatic heterocycles. The van der Waals surface area contributed by atoms with E-state index in [1.165, 1.54) is 7.05 Å². The molecular formula is C29H29N5O5. The number of nitrogens with zero attached hydrogens (tertiary/aromatic N) is 4. The summed E-state index contributed by atoms with van der Waals surface area (Å²) < 4.78 is 0. The van der Waals surface area contributed by atoms with Crippen molar-refractivity contribution in [2.45, 2.75) is 31.8 Å². The lowest BCUT2D eigenvalue weighted by atomic mass is 9.85. The lowest BCUT2D eigenvalue weighted by molar-refractivity contribution is -0.191. The predicted molar refractivity (Wildman–Crippen MR) is 142 cm³/mol. The van der Waals surface area contributed by atoms with E-state index in [-0.39, 0.29) is 12.1 Å². The van der Waals surface area contributed by atoms with Gasteiger partial charge >= 0.3 is 18.2 Å². The second-order valence-corrected chi connectivity index (χ2v) is 9.38. The van der Waals surface area contributed by atoms with Gasteiger partial charge in [0.15, 0.2) is 0 Å². The molecule has 5 amide bonds. The van der Waals surface area contributed by atoms with Crippen molar-refractivity contribution in [3.05, 3.63) is 84.2 Å². The summed E-state index contributed by atoms with van der Waals surface area (Å²) in [5.41, 5.74) is 3.39. The number of rotatable bonds is 4. The molecule has 0 atom stereocenters. The molecule has 2 aromatic carbocycles. The Bertz CT molecular complexity index is 1380. The SMILES string of the molecule is CNC(=O)N1C(=O)N(c2ccc(-c3ccccc3)cc2)C(=O)C12CCN(Cc1ncccc1C)CC2.O=C=O. The smallest absolute Gasteiger partial charge is 0.341 e. The Balaban J connectivity index is 0.00000112. The van der Waals surface area contributed by atoms with E-state index in [0.717, 1.165) is 32.2 Å². The van der Waals surface area contributed by atoms with E-state index in [1.54, 1.807) is 18.3 Å². The van der Waals surface area contributed by atoms with Gasteiger partial charge < -0.3 is 5.32 Å². The third kappa shape index (κ3) is 5.34. The third-order valence-electron chi connectivity index (χ3n) is 7.24. The van der Waals surface area contributed by atoms with Gasteiger partial charge in [-0.1, -0.05) is 48.5 Å². The average molecular weight is 528 g/mol. The van der Waals surface area contributed by atoms with Gasteiger partial charge in [-0.3, -0.25) is 14.7 Å². The van der Waals surface area contributed by atoms with Crippen molar-refractivity contribution in [2.24, 2.45) is 0 Å². The van der Waals surface area contributed by atoms with Crippen molar-refractivity contribution >= 4 is 29.8 Å². The maximum Gasteiger partial charge on any atom is 0.373 e. The van der Waals surface area contributed by atoms with Gasteiger partial charge in [-0.2, -0.15) is 9.59 Å². The van der Waals surface area contributed by atoms with Gasteiger partial charge in [-0.25, -0.2) is 19.4 Å². The zero-order chi connectivity index (χ0) is 28.0. The maximum absolute atomic E-state index is 13.9. The largest absolute Gasteiger partial charge is 0.373 e. The number of piperidine rings is 1. The van der Waals surface area contributed by atoms with Gasteiger partial charge in [0.05, 0.1) is 11.4 Å². The number of imide groups is 2. The molecule has 200 valence electrons. The number of pyridine rings is 1. The minimum Gasteiger partial charge on any atom is -0.341 e. The van der Waals surface area contributed by atoms with Crippen LogP contribution in [0.4, 0.5) is 15.3 Å². The number of anilines is 1. The van der Waals surface area contributed by atoms with Crippen LogP contribution < -0.4 is 10.2 Å². The number of carbonyl (C=O) groups is 3. The van der Waals surface area contributed by atoms with Crippen LogP contribution in [-0.4, -0.2) is 64.6 Å². The first-order chi connectivity index (χ1) is 18.9. The molecule has 5 rings (SSSR count). The van der Waals surface area contributed by atoms with Crippen molar-refractivity contribution in [2.75, 3.05) is 25.0 Å². The van der Waals surface area contributed by atoms with E-state index < -0.39 is 17.6 Å². The zero-order valence-electron chi connectivity index (χ0n) is 21.8. The number of urea groups is 2. The molecule has 0 aliphatic carbocycles. The predicted octanol–water partition coefficient (Wildman–Crippen LogP) is 3.62. The Hall–Kier alpha value is -4.66. The summed E-state index contributed by atoms with van der Waals surface area (Å²) in [6.07, 6.45) is 2.77. The van der Waals surface area contributed by atoms with E-state index in [9.17, 15) is 14.4 Å². The van der Waals surface area contributed by atoms with Crippen LogP contribution in [0.5, 0.6) is 0 Å². The number of amides is 5. The third-order valence-corrected chi connectivity index (χ3v) is 7.24. The molecule has 39 heavy (non-hydrogen) atoms. The van der Waals surface area contributed by atoms with Crippen LogP contribution in [0.2, 0.25) is 0 Å². The van der Waals surface area contributed by atoms with E-state index in [4.69, 9.17) is 9.59 Å². The lowest BCUT2D eigenvalue weighted by Gasteiger charge is -2.40. The summed E-state index contributed by atoms with van der Waals surface area (Å²) in [6.45, 7) is 3.84. The Kier molecular flexibility index (Phi) is 8.29. The van der Waals surface area contributed by atoms with Crippen molar-refractivity contribution < 1.29 is 24.0 Å². The molecule has 0 radical (unpaired) electrons. The molecule has 10 heteroatoms. The number of hydrogen-bond donors (Lipinski definition) is 1. The number of carbonyl (C=O) groups excluding carboxylic acids is 5. The van der Waals surface area contributed by atoms with Crippen molar-refractivity contribution in [1.29, 1.82) is 0 Å². The molecule has 3 heterocycles. The highest BCUT2D eigenvalue weighted by atomic mass is 16.2. The summed E-state index contributed by atoms with van der Waals surface area (Å²) in [5, 5.41) is 2.55. The zero-order valence-corrected chi connectivity index (χ0v) is 21.8. The van der Waals surface area contributed by atoms with Gasteiger partial charge in [0.1, 0.15) is 5.54 Å². The second kappa shape index (κ2) is 11.8. The van der Waals surface area contributed by atoms with Gasteiger partial charge in [-0.05, 0) is 54.7 Å². The van der Waals surface area contributed by atoms with Gasteiger partial charge in [0.2, 0.25) is 0 Å². The Morgan fingerprint density at radius 3 is 2.15 bits per heavy atom. The fourth-order valence-corrected chi connectivity index (χ4v) is 5.14. The molecule has 2 aliphatic rings. The fourth-order valence-electron chi connectivity index (χ4n) is 5.14. The van der Waals surface area contributed by atoms with E-state index in [0.29, 0.717) is 38.2 Å². The number of aryl methyl sites for hydroxylation is 1. The summed E-state index contributed by atoms with van der Waals surface area (Å²) >= 11 is 0. The Labute approximate surface area is 226 Å². The highest BCUT2D eigenvalue weighted by Crippen LogP contribution is 2.40. The summed E-state index contributed by atoms with van der Waals surface area (Å²) in [5.74, 6) is -0.350. The topological polar surface area (TPSA) is 120 Å². The first kappa shape index (κ1) is 27.4. The van der Waals surface area contributed by atoms with E-state index >= 15 is 0 Å². The van der Waals surface area contributed by atoms with Gasteiger partial charge in [0.25, 0.3) is 5.91 Å². The Morgan fingerprint density at radius 1 is 0.949 bits per heavy atom. The average Bonchev–Trinajstić information content (AvgIpc) is 3.17. The van der Waals surface area contributed by atoms with E-state index in [1.807, 2.05) is 61.5 Å². The summed E-state index contributed by atoms with van der Waals surface area (Å²) in [4.78, 5) is 65.5. The molecule has 2 fully saturated rings. The standard InChI is InChI=1S/C28H29N5O3.CO2/c1-20-7-6-16-30-24(20)19-31-17-14-28(15-18-31)25(34)32(27(36)33(28)26(35)29-2)23-12-10-22(11-13-23)21-8-4-3-5-9-21;2-1-3/h3-13,16H,14-15,17-19H2,1-2H3,(H,29,35);. The quantitative estimate of drug-likeness (QED) is 0.515. The number of likely N-dealkylation sites (tertiary alicyclic amines) is 1. The minimum absolute atomic E-state index is 0.250. The van der Waals surface area contributed by atoms with Crippen LogP contribution in [0.1, 0.15) is 24.1 Å². The van der Waals surface area contributed by atoms with Gasteiger partial charge in [-0.15, -0.1) is 0 Å². The number of nitrogens with one attached hydrogen (secondary N) is 1. The van der Waals surface area contributed by atoms with Crippen LogP contribution >= 0.6 is 0 Å². The van der Waals surface area contributed by atoms with Crippen LogP contribution in [0, 0.1) is 6.92 Å². The lowest BCUT2D eigenvalue weighted by Crippen LogP contribution is -2.59. The summed E-state index contributed by atoms with van der Waals surface area (Å²) in [7, 11) is 1.48. The van der Waals surface area contributed by atoms with Crippen molar-refractivity contribution in [3.63, 3.8) is 0 Å². The van der Waals surface area contributed by atoms with Crippen molar-refractivity contribution in [3.8, 4) is 11.1 Å².